The SMILES string of the molecule is Cn1ncc2c1CCCN(c1cccc(-n3cccn3)c1C#N)C2. The summed E-state index contributed by atoms with van der Waals surface area (Å²) < 4.78 is 3.71. The first-order valence-electron chi connectivity index (χ1n) is 8.06. The number of benzene rings is 1. The van der Waals surface area contributed by atoms with Gasteiger partial charge >= 0.3 is 0 Å². The average Bonchev–Trinajstić information content (AvgIpc) is 3.19. The molecular weight excluding hydrogens is 300 g/mol. The van der Waals surface area contributed by atoms with E-state index in [9.17, 15) is 5.26 Å². The molecule has 0 radical (unpaired) electrons. The van der Waals surface area contributed by atoms with Gasteiger partial charge in [0.05, 0.1) is 17.6 Å². The maximum absolute atomic E-state index is 9.76. The third-order valence-electron chi connectivity index (χ3n) is 4.58. The zero-order valence-electron chi connectivity index (χ0n) is 13.6. The van der Waals surface area contributed by atoms with Gasteiger partial charge in [0.1, 0.15) is 11.6 Å². The topological polar surface area (TPSA) is 62.7 Å². The second kappa shape index (κ2) is 5.85. The summed E-state index contributed by atoms with van der Waals surface area (Å²) in [5, 5.41) is 18.4. The van der Waals surface area contributed by atoms with E-state index >= 15 is 0 Å². The molecule has 1 aliphatic rings. The van der Waals surface area contributed by atoms with Gasteiger partial charge in [-0.25, -0.2) is 4.68 Å². The number of aromatic nitrogens is 4. The van der Waals surface area contributed by atoms with Gasteiger partial charge in [0.25, 0.3) is 0 Å². The molecule has 0 atom stereocenters. The second-order valence-electron chi connectivity index (χ2n) is 6.00. The van der Waals surface area contributed by atoms with Crippen LogP contribution < -0.4 is 4.90 Å². The van der Waals surface area contributed by atoms with Crippen LogP contribution in [-0.4, -0.2) is 26.1 Å². The minimum atomic E-state index is 0.661. The Hall–Kier alpha value is -3.07. The van der Waals surface area contributed by atoms with E-state index in [-0.39, 0.29) is 0 Å². The van der Waals surface area contributed by atoms with Crippen LogP contribution in [0, 0.1) is 11.3 Å². The highest BCUT2D eigenvalue weighted by Gasteiger charge is 2.21. The van der Waals surface area contributed by atoms with E-state index in [0.29, 0.717) is 5.56 Å². The molecule has 0 N–H and O–H groups in total. The molecule has 3 heterocycles. The van der Waals surface area contributed by atoms with Crippen molar-refractivity contribution in [1.82, 2.24) is 19.6 Å². The zero-order chi connectivity index (χ0) is 16.5. The van der Waals surface area contributed by atoms with Crippen LogP contribution in [0.4, 0.5) is 5.69 Å². The van der Waals surface area contributed by atoms with E-state index in [1.807, 2.05) is 48.4 Å². The Morgan fingerprint density at radius 3 is 2.83 bits per heavy atom. The lowest BCUT2D eigenvalue weighted by atomic mass is 10.1. The molecule has 1 aromatic carbocycles. The van der Waals surface area contributed by atoms with Crippen LogP contribution in [0.25, 0.3) is 5.69 Å². The first-order valence-corrected chi connectivity index (χ1v) is 8.06. The number of hydrogen-bond acceptors (Lipinski definition) is 4. The molecule has 24 heavy (non-hydrogen) atoms. The number of rotatable bonds is 2. The summed E-state index contributed by atoms with van der Waals surface area (Å²) >= 11 is 0. The third kappa shape index (κ3) is 2.35. The fourth-order valence-electron chi connectivity index (χ4n) is 3.40. The minimum absolute atomic E-state index is 0.661. The van der Waals surface area contributed by atoms with Crippen LogP contribution in [0.5, 0.6) is 0 Å². The summed E-state index contributed by atoms with van der Waals surface area (Å²) in [6.07, 6.45) is 7.59. The van der Waals surface area contributed by atoms with Crippen LogP contribution in [0.15, 0.2) is 42.9 Å². The highest BCUT2D eigenvalue weighted by atomic mass is 15.3. The van der Waals surface area contributed by atoms with Crippen molar-refractivity contribution in [2.45, 2.75) is 19.4 Å². The van der Waals surface area contributed by atoms with Crippen molar-refractivity contribution in [3.05, 3.63) is 59.7 Å². The van der Waals surface area contributed by atoms with Crippen molar-refractivity contribution < 1.29 is 0 Å². The van der Waals surface area contributed by atoms with Gasteiger partial charge in [-0.15, -0.1) is 0 Å². The van der Waals surface area contributed by atoms with E-state index < -0.39 is 0 Å². The summed E-state index contributed by atoms with van der Waals surface area (Å²) in [5.41, 5.74) is 4.97. The van der Waals surface area contributed by atoms with Crippen molar-refractivity contribution in [2.75, 3.05) is 11.4 Å². The van der Waals surface area contributed by atoms with E-state index in [1.165, 1.54) is 11.3 Å². The van der Waals surface area contributed by atoms with Crippen molar-refractivity contribution in [1.29, 1.82) is 5.26 Å². The lowest BCUT2D eigenvalue weighted by Crippen LogP contribution is -2.23. The van der Waals surface area contributed by atoms with Crippen LogP contribution in [0.3, 0.4) is 0 Å². The van der Waals surface area contributed by atoms with Gasteiger partial charge in [-0.2, -0.15) is 15.5 Å². The largest absolute Gasteiger partial charge is 0.366 e. The van der Waals surface area contributed by atoms with Gasteiger partial charge < -0.3 is 4.90 Å². The molecule has 6 heteroatoms. The second-order valence-corrected chi connectivity index (χ2v) is 6.00. The maximum Gasteiger partial charge on any atom is 0.104 e. The summed E-state index contributed by atoms with van der Waals surface area (Å²) in [6.45, 7) is 1.70. The Morgan fingerprint density at radius 2 is 2.04 bits per heavy atom. The lowest BCUT2D eigenvalue weighted by Gasteiger charge is -2.24. The number of anilines is 1. The number of fused-ring (bicyclic) bond motifs is 1. The van der Waals surface area contributed by atoms with E-state index in [2.05, 4.69) is 21.2 Å². The highest BCUT2D eigenvalue weighted by molar-refractivity contribution is 5.67. The quantitative estimate of drug-likeness (QED) is 0.728. The van der Waals surface area contributed by atoms with Crippen molar-refractivity contribution >= 4 is 5.69 Å². The van der Waals surface area contributed by atoms with E-state index in [1.54, 1.807) is 10.9 Å². The predicted molar refractivity (Wildman–Crippen MR) is 90.9 cm³/mol. The van der Waals surface area contributed by atoms with Crippen LogP contribution >= 0.6 is 0 Å². The molecule has 2 aromatic heterocycles. The summed E-state index contributed by atoms with van der Waals surface area (Å²) in [5.74, 6) is 0. The molecule has 0 amide bonds. The molecule has 0 spiro atoms. The number of aryl methyl sites for hydroxylation is 1. The van der Waals surface area contributed by atoms with Gasteiger partial charge in [0.2, 0.25) is 0 Å². The molecule has 0 fully saturated rings. The Labute approximate surface area is 140 Å². The molecule has 0 saturated heterocycles. The maximum atomic E-state index is 9.76. The fraction of sp³-hybridized carbons (Fsp3) is 0.278. The Bertz CT molecular complexity index is 900. The fourth-order valence-corrected chi connectivity index (χ4v) is 3.40. The van der Waals surface area contributed by atoms with Crippen molar-refractivity contribution in [3.8, 4) is 11.8 Å². The molecule has 120 valence electrons. The van der Waals surface area contributed by atoms with Crippen LogP contribution in [0.2, 0.25) is 0 Å². The predicted octanol–water partition coefficient (Wildman–Crippen LogP) is 2.43. The van der Waals surface area contributed by atoms with Gasteiger partial charge in [-0.1, -0.05) is 6.07 Å². The van der Waals surface area contributed by atoms with E-state index in [4.69, 9.17) is 0 Å². The van der Waals surface area contributed by atoms with Crippen LogP contribution in [-0.2, 0) is 20.0 Å². The summed E-state index contributed by atoms with van der Waals surface area (Å²) in [7, 11) is 1.99. The molecule has 0 bridgehead atoms. The third-order valence-corrected chi connectivity index (χ3v) is 4.58. The monoisotopic (exact) mass is 318 g/mol. The number of hydrogen-bond donors (Lipinski definition) is 0. The Balaban J connectivity index is 1.77. The molecular formula is C18H18N6. The summed E-state index contributed by atoms with van der Waals surface area (Å²) in [6, 6.07) is 10.2. The molecule has 0 aliphatic carbocycles. The normalized spacial score (nSPS) is 14.1. The molecule has 0 saturated carbocycles. The van der Waals surface area contributed by atoms with Gasteiger partial charge in [0.15, 0.2) is 0 Å². The smallest absolute Gasteiger partial charge is 0.104 e. The molecule has 0 unspecified atom stereocenters. The molecule has 4 rings (SSSR count). The first kappa shape index (κ1) is 14.5. The van der Waals surface area contributed by atoms with Crippen molar-refractivity contribution in [2.24, 2.45) is 7.05 Å². The number of nitriles is 1. The zero-order valence-corrected chi connectivity index (χ0v) is 13.6. The molecule has 1 aliphatic heterocycles. The average molecular weight is 318 g/mol. The van der Waals surface area contributed by atoms with Gasteiger partial charge in [-0.05, 0) is 31.0 Å². The van der Waals surface area contributed by atoms with E-state index in [0.717, 1.165) is 37.3 Å². The Morgan fingerprint density at radius 1 is 1.17 bits per heavy atom. The standard InChI is InChI=1S/C18H18N6/c1-22-16-7-3-9-23(13-14(16)12-21-22)17-5-2-6-18(15(17)11-19)24-10-4-8-20-24/h2,4-6,8,10,12H,3,7,9,13H2,1H3. The number of nitrogens with zero attached hydrogens (tertiary/aromatic N) is 6. The lowest BCUT2D eigenvalue weighted by molar-refractivity contribution is 0.684. The molecule has 3 aromatic rings. The highest BCUT2D eigenvalue weighted by Crippen LogP contribution is 2.29. The van der Waals surface area contributed by atoms with Crippen molar-refractivity contribution in [3.63, 3.8) is 0 Å². The van der Waals surface area contributed by atoms with Gasteiger partial charge in [-0.3, -0.25) is 4.68 Å². The van der Waals surface area contributed by atoms with Crippen LogP contribution in [0.1, 0.15) is 23.2 Å². The minimum Gasteiger partial charge on any atom is -0.366 e. The Kier molecular flexibility index (Phi) is 3.54. The molecule has 6 nitrogen and oxygen atoms in total. The first-order chi connectivity index (χ1) is 11.8. The summed E-state index contributed by atoms with van der Waals surface area (Å²) in [4.78, 5) is 2.28. The van der Waals surface area contributed by atoms with Gasteiger partial charge in [0, 0.05) is 43.8 Å².